The van der Waals surface area contributed by atoms with Crippen LogP contribution < -0.4 is 27.1 Å². The minimum absolute atomic E-state index is 0.0257. The summed E-state index contributed by atoms with van der Waals surface area (Å²) in [5.41, 5.74) is 12.1. The number of nitrogens with one attached hydrogen (secondary N) is 1. The maximum atomic E-state index is 12.8. The van der Waals surface area contributed by atoms with Crippen LogP contribution in [0, 0.1) is 0 Å². The number of nitrogens with zero attached hydrogens (tertiary/aromatic N) is 4. The number of pyridine rings is 1. The van der Waals surface area contributed by atoms with Crippen molar-refractivity contribution in [1.82, 2.24) is 19.9 Å². The van der Waals surface area contributed by atoms with Gasteiger partial charge < -0.3 is 26.3 Å². The predicted octanol–water partition coefficient (Wildman–Crippen LogP) is 1.38. The Hall–Kier alpha value is -3.46. The molecule has 0 saturated carbocycles. The Morgan fingerprint density at radius 3 is 2.73 bits per heavy atom. The van der Waals surface area contributed by atoms with E-state index in [2.05, 4.69) is 15.2 Å². The molecule has 1 unspecified atom stereocenters. The molecule has 30 heavy (non-hydrogen) atoms. The van der Waals surface area contributed by atoms with Crippen LogP contribution in [0.4, 0.5) is 17.5 Å². The van der Waals surface area contributed by atoms with Gasteiger partial charge in [0.05, 0.1) is 5.39 Å². The summed E-state index contributed by atoms with van der Waals surface area (Å²) in [5.74, 6) is -0.349. The maximum Gasteiger partial charge on any atom is 0.256 e. The largest absolute Gasteiger partial charge is 0.384 e. The Morgan fingerprint density at radius 2 is 2.10 bits per heavy atom. The number of hydrogen-bond acceptors (Lipinski definition) is 7. The van der Waals surface area contributed by atoms with Crippen molar-refractivity contribution in [1.29, 1.82) is 0 Å². The van der Waals surface area contributed by atoms with Gasteiger partial charge in [-0.05, 0) is 38.4 Å². The number of para-hydroxylation sites is 1. The van der Waals surface area contributed by atoms with Crippen molar-refractivity contribution in [2.75, 3.05) is 23.7 Å². The molecule has 0 radical (unpaired) electrons. The zero-order valence-corrected chi connectivity index (χ0v) is 16.8. The van der Waals surface area contributed by atoms with Crippen molar-refractivity contribution in [3.63, 3.8) is 0 Å². The lowest BCUT2D eigenvalue weighted by Crippen LogP contribution is -2.44. The molecule has 3 aromatic rings. The molecule has 0 aliphatic carbocycles. The van der Waals surface area contributed by atoms with Crippen LogP contribution in [0.2, 0.25) is 0 Å². The van der Waals surface area contributed by atoms with Crippen molar-refractivity contribution >= 4 is 34.4 Å². The fourth-order valence-electron chi connectivity index (χ4n) is 4.04. The van der Waals surface area contributed by atoms with Crippen LogP contribution in [0.25, 0.3) is 11.0 Å². The van der Waals surface area contributed by atoms with Crippen molar-refractivity contribution < 1.29 is 4.79 Å². The summed E-state index contributed by atoms with van der Waals surface area (Å²) >= 11 is 0. The molecule has 1 fully saturated rings. The summed E-state index contributed by atoms with van der Waals surface area (Å²) < 4.78 is 1.63. The van der Waals surface area contributed by atoms with E-state index in [1.165, 1.54) is 6.20 Å². The number of anilines is 3. The van der Waals surface area contributed by atoms with Gasteiger partial charge in [0.2, 0.25) is 11.4 Å². The standard InChI is InChI=1S/C21H25N7O2/c1-2-27-18(22)16(19(23)30)17(29)15-12-25-21(26-20(15)27)28(13-7-4-3-5-8-13)14-9-6-10-24-11-14/h3-5,7-8,12,14,24H,2,6,9-11,22H2,1H3,(H2,23,30). The summed E-state index contributed by atoms with van der Waals surface area (Å²) in [4.78, 5) is 35.9. The molecule has 1 aliphatic heterocycles. The number of nitrogen functional groups attached to an aromatic ring is 1. The molecule has 1 atom stereocenters. The number of amides is 1. The number of carbonyl (C=O) groups excluding carboxylic acids is 1. The van der Waals surface area contributed by atoms with Crippen LogP contribution in [0.1, 0.15) is 30.1 Å². The van der Waals surface area contributed by atoms with E-state index >= 15 is 0 Å². The molecule has 1 aliphatic rings. The number of aryl methyl sites for hydroxylation is 1. The molecule has 0 bridgehead atoms. The minimum Gasteiger partial charge on any atom is -0.384 e. The lowest BCUT2D eigenvalue weighted by atomic mass is 10.1. The minimum atomic E-state index is -0.857. The predicted molar refractivity (Wildman–Crippen MR) is 117 cm³/mol. The van der Waals surface area contributed by atoms with Gasteiger partial charge >= 0.3 is 0 Å². The highest BCUT2D eigenvalue weighted by Gasteiger charge is 2.26. The van der Waals surface area contributed by atoms with Gasteiger partial charge in [-0.1, -0.05) is 18.2 Å². The van der Waals surface area contributed by atoms with Crippen molar-refractivity contribution in [3.05, 3.63) is 52.3 Å². The molecule has 2 aromatic heterocycles. The smallest absolute Gasteiger partial charge is 0.256 e. The second kappa shape index (κ2) is 8.11. The molecular formula is C21H25N7O2. The lowest BCUT2D eigenvalue weighted by Gasteiger charge is -2.35. The number of primary amides is 1. The van der Waals surface area contributed by atoms with Gasteiger partial charge in [0.1, 0.15) is 11.4 Å². The van der Waals surface area contributed by atoms with Crippen molar-refractivity contribution in [3.8, 4) is 0 Å². The van der Waals surface area contributed by atoms with Gasteiger partial charge in [-0.2, -0.15) is 4.98 Å². The maximum absolute atomic E-state index is 12.8. The van der Waals surface area contributed by atoms with Gasteiger partial charge in [0.25, 0.3) is 5.91 Å². The molecule has 4 rings (SSSR count). The highest BCUT2D eigenvalue weighted by molar-refractivity contribution is 6.00. The summed E-state index contributed by atoms with van der Waals surface area (Å²) in [5, 5.41) is 3.65. The highest BCUT2D eigenvalue weighted by atomic mass is 16.2. The number of hydrogen-bond donors (Lipinski definition) is 3. The number of rotatable bonds is 5. The van der Waals surface area contributed by atoms with E-state index in [0.717, 1.165) is 31.6 Å². The third-order valence-electron chi connectivity index (χ3n) is 5.48. The molecule has 5 N–H and O–H groups in total. The molecule has 9 heteroatoms. The Labute approximate surface area is 173 Å². The molecule has 9 nitrogen and oxygen atoms in total. The number of benzene rings is 1. The Balaban J connectivity index is 1.93. The summed E-state index contributed by atoms with van der Waals surface area (Å²) in [6, 6.07) is 10.1. The zero-order valence-electron chi connectivity index (χ0n) is 16.8. The van der Waals surface area contributed by atoms with E-state index in [0.29, 0.717) is 18.1 Å². The molecule has 1 amide bonds. The fraction of sp³-hybridized carbons (Fsp3) is 0.333. The SMILES string of the molecule is CCn1c(N)c(C(N)=O)c(=O)c2cnc(N(c3ccccc3)C3CCCNC3)nc21. The highest BCUT2D eigenvalue weighted by Crippen LogP contribution is 2.29. The van der Waals surface area contributed by atoms with Crippen LogP contribution in [-0.2, 0) is 6.54 Å². The second-order valence-corrected chi connectivity index (χ2v) is 7.31. The van der Waals surface area contributed by atoms with E-state index in [4.69, 9.17) is 16.5 Å². The zero-order chi connectivity index (χ0) is 21.3. The number of piperidine rings is 1. The van der Waals surface area contributed by atoms with E-state index in [1.54, 1.807) is 4.57 Å². The first-order chi connectivity index (χ1) is 14.5. The molecule has 156 valence electrons. The monoisotopic (exact) mass is 407 g/mol. The summed E-state index contributed by atoms with van der Waals surface area (Å²) in [7, 11) is 0. The van der Waals surface area contributed by atoms with Crippen LogP contribution in [0.15, 0.2) is 41.3 Å². The summed E-state index contributed by atoms with van der Waals surface area (Å²) in [6.07, 6.45) is 3.51. The van der Waals surface area contributed by atoms with Crippen LogP contribution in [0.5, 0.6) is 0 Å². The third kappa shape index (κ3) is 3.37. The number of aromatic nitrogens is 3. The van der Waals surface area contributed by atoms with Crippen LogP contribution in [-0.4, -0.2) is 39.6 Å². The third-order valence-corrected chi connectivity index (χ3v) is 5.48. The van der Waals surface area contributed by atoms with Gasteiger partial charge in [0, 0.05) is 31.0 Å². The number of carbonyl (C=O) groups is 1. The first-order valence-electron chi connectivity index (χ1n) is 10.1. The fourth-order valence-corrected chi connectivity index (χ4v) is 4.04. The van der Waals surface area contributed by atoms with Crippen LogP contribution >= 0.6 is 0 Å². The molecule has 3 heterocycles. The lowest BCUT2D eigenvalue weighted by molar-refractivity contribution is 0.1000. The van der Waals surface area contributed by atoms with Gasteiger partial charge in [-0.15, -0.1) is 0 Å². The molecule has 1 aromatic carbocycles. The number of nitrogens with two attached hydrogens (primary N) is 2. The first kappa shape index (κ1) is 19.8. The Bertz CT molecular complexity index is 1140. The second-order valence-electron chi connectivity index (χ2n) is 7.31. The molecular weight excluding hydrogens is 382 g/mol. The molecule has 0 spiro atoms. The van der Waals surface area contributed by atoms with E-state index < -0.39 is 11.3 Å². The van der Waals surface area contributed by atoms with E-state index in [-0.39, 0.29) is 22.8 Å². The van der Waals surface area contributed by atoms with Gasteiger partial charge in [-0.25, -0.2) is 4.98 Å². The van der Waals surface area contributed by atoms with E-state index in [1.807, 2.05) is 37.3 Å². The average Bonchev–Trinajstić information content (AvgIpc) is 2.75. The van der Waals surface area contributed by atoms with Gasteiger partial charge in [0.15, 0.2) is 5.65 Å². The average molecular weight is 407 g/mol. The Kier molecular flexibility index (Phi) is 5.37. The van der Waals surface area contributed by atoms with E-state index in [9.17, 15) is 9.59 Å². The Morgan fingerprint density at radius 1 is 1.33 bits per heavy atom. The first-order valence-corrected chi connectivity index (χ1v) is 10.1. The van der Waals surface area contributed by atoms with Crippen molar-refractivity contribution in [2.24, 2.45) is 5.73 Å². The molecule has 1 saturated heterocycles. The normalized spacial score (nSPS) is 16.5. The quantitative estimate of drug-likeness (QED) is 0.582. The van der Waals surface area contributed by atoms with Gasteiger partial charge in [-0.3, -0.25) is 9.59 Å². The van der Waals surface area contributed by atoms with Crippen LogP contribution in [0.3, 0.4) is 0 Å². The number of fused-ring (bicyclic) bond motifs is 1. The van der Waals surface area contributed by atoms with Crippen molar-refractivity contribution in [2.45, 2.75) is 32.4 Å². The topological polar surface area (TPSA) is 132 Å². The summed E-state index contributed by atoms with van der Waals surface area (Å²) in [6.45, 7) is 4.08.